The number of amides is 1. The third kappa shape index (κ3) is 4.71. The third-order valence-electron chi connectivity index (χ3n) is 2.57. The lowest BCUT2D eigenvalue weighted by molar-refractivity contribution is 0.0715. The second-order valence-electron chi connectivity index (χ2n) is 5.59. The molecule has 4 nitrogen and oxygen atoms in total. The number of nitrogens with zero attached hydrogens (tertiary/aromatic N) is 2. The fourth-order valence-electron chi connectivity index (χ4n) is 1.91. The van der Waals surface area contributed by atoms with E-state index in [0.29, 0.717) is 41.3 Å². The molecule has 106 valence electrons. The minimum Gasteiger partial charge on any atom is -0.384 e. The summed E-state index contributed by atoms with van der Waals surface area (Å²) >= 11 is 6.04. The van der Waals surface area contributed by atoms with Gasteiger partial charge in [-0.3, -0.25) is 4.79 Å². The van der Waals surface area contributed by atoms with Crippen LogP contribution >= 0.6 is 11.6 Å². The molecule has 0 saturated heterocycles. The van der Waals surface area contributed by atoms with Gasteiger partial charge in [0, 0.05) is 19.3 Å². The zero-order valence-corrected chi connectivity index (χ0v) is 12.7. The Hall–Kier alpha value is -1.29. The van der Waals surface area contributed by atoms with E-state index in [1.54, 1.807) is 6.07 Å². The number of rotatable bonds is 5. The predicted molar refractivity (Wildman–Crippen MR) is 79.2 cm³/mol. The average molecular weight is 284 g/mol. The number of anilines is 1. The molecule has 1 amide bonds. The minimum atomic E-state index is -0.0819. The number of nitrogens with two attached hydrogens (primary N) is 1. The van der Waals surface area contributed by atoms with Gasteiger partial charge in [-0.25, -0.2) is 4.98 Å². The number of hydrogen-bond donors (Lipinski definition) is 1. The van der Waals surface area contributed by atoms with Crippen LogP contribution in [0.4, 0.5) is 5.82 Å². The van der Waals surface area contributed by atoms with Gasteiger partial charge >= 0.3 is 0 Å². The molecular formula is C14H22ClN3O. The molecule has 1 rings (SSSR count). The van der Waals surface area contributed by atoms with Gasteiger partial charge in [-0.05, 0) is 17.9 Å². The summed E-state index contributed by atoms with van der Waals surface area (Å²) in [6.45, 7) is 9.75. The smallest absolute Gasteiger partial charge is 0.255 e. The summed E-state index contributed by atoms with van der Waals surface area (Å²) in [6.07, 6.45) is 1.42. The maximum absolute atomic E-state index is 12.5. The molecular weight excluding hydrogens is 262 g/mol. The fraction of sp³-hybridized carbons (Fsp3) is 0.571. The van der Waals surface area contributed by atoms with Crippen LogP contribution in [0, 0.1) is 11.8 Å². The normalized spacial score (nSPS) is 11.1. The fourth-order valence-corrected chi connectivity index (χ4v) is 2.10. The van der Waals surface area contributed by atoms with Gasteiger partial charge in [0.05, 0.1) is 10.6 Å². The van der Waals surface area contributed by atoms with E-state index < -0.39 is 0 Å². The average Bonchev–Trinajstić information content (AvgIpc) is 2.29. The van der Waals surface area contributed by atoms with Crippen LogP contribution in [0.5, 0.6) is 0 Å². The van der Waals surface area contributed by atoms with Crippen LogP contribution in [0.3, 0.4) is 0 Å². The van der Waals surface area contributed by atoms with Crippen molar-refractivity contribution in [3.8, 4) is 0 Å². The van der Waals surface area contributed by atoms with Crippen LogP contribution in [-0.4, -0.2) is 28.9 Å². The molecule has 0 spiro atoms. The summed E-state index contributed by atoms with van der Waals surface area (Å²) in [7, 11) is 0. The molecule has 5 heteroatoms. The van der Waals surface area contributed by atoms with Gasteiger partial charge in [0.1, 0.15) is 5.82 Å². The molecule has 2 N–H and O–H groups in total. The number of carbonyl (C=O) groups is 1. The highest BCUT2D eigenvalue weighted by Crippen LogP contribution is 2.20. The van der Waals surface area contributed by atoms with Crippen LogP contribution in [0.25, 0.3) is 0 Å². The largest absolute Gasteiger partial charge is 0.384 e. The van der Waals surface area contributed by atoms with Gasteiger partial charge in [0.15, 0.2) is 0 Å². The number of pyridine rings is 1. The second-order valence-corrected chi connectivity index (χ2v) is 5.99. The Labute approximate surface area is 120 Å². The SMILES string of the molecule is CC(C)CN(CC(C)C)C(=O)c1cc(N)ncc1Cl. The maximum atomic E-state index is 12.5. The molecule has 0 aliphatic rings. The van der Waals surface area contributed by atoms with Crippen molar-refractivity contribution in [1.82, 2.24) is 9.88 Å². The molecule has 1 aromatic rings. The number of halogens is 1. The molecule has 0 aromatic carbocycles. The zero-order chi connectivity index (χ0) is 14.6. The minimum absolute atomic E-state index is 0.0819. The van der Waals surface area contributed by atoms with Crippen molar-refractivity contribution in [1.29, 1.82) is 0 Å². The molecule has 1 aromatic heterocycles. The summed E-state index contributed by atoms with van der Waals surface area (Å²) in [5.41, 5.74) is 6.05. The first-order chi connectivity index (χ1) is 8.81. The van der Waals surface area contributed by atoms with E-state index in [0.717, 1.165) is 0 Å². The Kier molecular flexibility index (Phi) is 5.60. The number of nitrogen functional groups attached to an aromatic ring is 1. The van der Waals surface area contributed by atoms with E-state index in [2.05, 4.69) is 32.7 Å². The molecule has 0 atom stereocenters. The molecule has 1 heterocycles. The highest BCUT2D eigenvalue weighted by molar-refractivity contribution is 6.33. The summed E-state index contributed by atoms with van der Waals surface area (Å²) in [5, 5.41) is 0.344. The predicted octanol–water partition coefficient (Wildman–Crippen LogP) is 3.07. The molecule has 0 unspecified atom stereocenters. The van der Waals surface area contributed by atoms with Crippen LogP contribution in [0.2, 0.25) is 5.02 Å². The van der Waals surface area contributed by atoms with Gasteiger partial charge in [0.25, 0.3) is 5.91 Å². The highest BCUT2D eigenvalue weighted by atomic mass is 35.5. The van der Waals surface area contributed by atoms with Crippen molar-refractivity contribution >= 4 is 23.3 Å². The monoisotopic (exact) mass is 283 g/mol. The third-order valence-corrected chi connectivity index (χ3v) is 2.87. The van der Waals surface area contributed by atoms with Crippen molar-refractivity contribution in [3.05, 3.63) is 22.8 Å². The van der Waals surface area contributed by atoms with Crippen molar-refractivity contribution in [2.45, 2.75) is 27.7 Å². The van der Waals surface area contributed by atoms with E-state index in [-0.39, 0.29) is 5.91 Å². The van der Waals surface area contributed by atoms with Gasteiger partial charge in [-0.15, -0.1) is 0 Å². The highest BCUT2D eigenvalue weighted by Gasteiger charge is 2.20. The Morgan fingerprint density at radius 3 is 2.32 bits per heavy atom. The van der Waals surface area contributed by atoms with Gasteiger partial charge in [0.2, 0.25) is 0 Å². The first-order valence-corrected chi connectivity index (χ1v) is 6.89. The van der Waals surface area contributed by atoms with E-state index in [9.17, 15) is 4.79 Å². The first kappa shape index (κ1) is 15.8. The Morgan fingerprint density at radius 1 is 1.32 bits per heavy atom. The summed E-state index contributed by atoms with van der Waals surface area (Å²) in [6, 6.07) is 1.54. The number of hydrogen-bond acceptors (Lipinski definition) is 3. The molecule has 0 fully saturated rings. The Balaban J connectivity index is 3.00. The van der Waals surface area contributed by atoms with Gasteiger partial charge in [-0.2, -0.15) is 0 Å². The summed E-state index contributed by atoms with van der Waals surface area (Å²) < 4.78 is 0. The molecule has 0 radical (unpaired) electrons. The lowest BCUT2D eigenvalue weighted by Gasteiger charge is -2.26. The van der Waals surface area contributed by atoms with Crippen molar-refractivity contribution in [2.75, 3.05) is 18.8 Å². The van der Waals surface area contributed by atoms with Crippen LogP contribution in [0.15, 0.2) is 12.3 Å². The zero-order valence-electron chi connectivity index (χ0n) is 12.0. The van der Waals surface area contributed by atoms with E-state index in [4.69, 9.17) is 17.3 Å². The summed E-state index contributed by atoms with van der Waals surface area (Å²) in [5.74, 6) is 1.03. The first-order valence-electron chi connectivity index (χ1n) is 6.51. The lowest BCUT2D eigenvalue weighted by Crippen LogP contribution is -2.37. The molecule has 0 saturated carbocycles. The van der Waals surface area contributed by atoms with Crippen molar-refractivity contribution in [2.24, 2.45) is 11.8 Å². The van der Waals surface area contributed by atoms with E-state index >= 15 is 0 Å². The Bertz CT molecular complexity index is 436. The molecule has 0 aliphatic carbocycles. The van der Waals surface area contributed by atoms with Gasteiger partial charge < -0.3 is 10.6 Å². The van der Waals surface area contributed by atoms with Gasteiger partial charge in [-0.1, -0.05) is 39.3 Å². The van der Waals surface area contributed by atoms with Crippen LogP contribution < -0.4 is 5.73 Å². The quantitative estimate of drug-likeness (QED) is 0.903. The van der Waals surface area contributed by atoms with Crippen molar-refractivity contribution < 1.29 is 4.79 Å². The Morgan fingerprint density at radius 2 is 1.84 bits per heavy atom. The van der Waals surface area contributed by atoms with Crippen LogP contribution in [-0.2, 0) is 0 Å². The molecule has 0 aliphatic heterocycles. The molecule has 0 bridgehead atoms. The number of carbonyl (C=O) groups excluding carboxylic acids is 1. The van der Waals surface area contributed by atoms with Crippen molar-refractivity contribution in [3.63, 3.8) is 0 Å². The standard InChI is InChI=1S/C14H22ClN3O/c1-9(2)7-18(8-10(3)4)14(19)11-5-13(16)17-6-12(11)15/h5-6,9-10H,7-8H2,1-4H3,(H2,16,17). The van der Waals surface area contributed by atoms with Crippen LogP contribution in [0.1, 0.15) is 38.1 Å². The second kappa shape index (κ2) is 6.75. The van der Waals surface area contributed by atoms with E-state index in [1.807, 2.05) is 4.90 Å². The number of aromatic nitrogens is 1. The lowest BCUT2D eigenvalue weighted by atomic mass is 10.1. The molecule has 19 heavy (non-hydrogen) atoms. The maximum Gasteiger partial charge on any atom is 0.255 e. The topological polar surface area (TPSA) is 59.2 Å². The van der Waals surface area contributed by atoms with E-state index in [1.165, 1.54) is 6.20 Å². The summed E-state index contributed by atoms with van der Waals surface area (Å²) in [4.78, 5) is 18.3.